The fraction of sp³-hybridized carbons (Fsp3) is 0.417. The molecule has 0 aliphatic rings. The summed E-state index contributed by atoms with van der Waals surface area (Å²) in [6.45, 7) is 2.56. The lowest BCUT2D eigenvalue weighted by molar-refractivity contribution is -0.384. The molecule has 0 aliphatic heterocycles. The minimum absolute atomic E-state index is 0.0505. The molecule has 19 heavy (non-hydrogen) atoms. The normalized spacial score (nSPS) is 11.9. The van der Waals surface area contributed by atoms with Crippen molar-refractivity contribution in [3.63, 3.8) is 0 Å². The monoisotopic (exact) mass is 283 g/mol. The second kappa shape index (κ2) is 7.75. The maximum absolute atomic E-state index is 11.5. The van der Waals surface area contributed by atoms with Gasteiger partial charge in [-0.15, -0.1) is 11.8 Å². The Morgan fingerprint density at radius 3 is 2.58 bits per heavy atom. The van der Waals surface area contributed by atoms with Crippen molar-refractivity contribution in [2.75, 3.05) is 19.3 Å². The van der Waals surface area contributed by atoms with E-state index in [4.69, 9.17) is 0 Å². The Hall–Kier alpha value is -1.60. The highest BCUT2D eigenvalue weighted by Gasteiger charge is 2.07. The number of nitrogens with one attached hydrogen (secondary N) is 2. The number of benzene rings is 1. The number of nitro groups is 1. The topological polar surface area (TPSA) is 84.3 Å². The lowest BCUT2D eigenvalue weighted by Gasteiger charge is -2.11. The molecular formula is C12H17N3O3S. The van der Waals surface area contributed by atoms with Crippen molar-refractivity contribution in [3.8, 4) is 0 Å². The van der Waals surface area contributed by atoms with Gasteiger partial charge in [-0.2, -0.15) is 0 Å². The minimum Gasteiger partial charge on any atom is -0.354 e. The van der Waals surface area contributed by atoms with Crippen molar-refractivity contribution in [2.45, 2.75) is 17.9 Å². The first kappa shape index (κ1) is 15.5. The third-order valence-electron chi connectivity index (χ3n) is 2.52. The summed E-state index contributed by atoms with van der Waals surface area (Å²) in [6, 6.07) is 6.39. The van der Waals surface area contributed by atoms with E-state index in [2.05, 4.69) is 10.6 Å². The molecule has 104 valence electrons. The van der Waals surface area contributed by atoms with Crippen LogP contribution < -0.4 is 10.6 Å². The van der Waals surface area contributed by atoms with Crippen molar-refractivity contribution in [2.24, 2.45) is 0 Å². The fourth-order valence-corrected chi connectivity index (χ4v) is 1.96. The van der Waals surface area contributed by atoms with Crippen LogP contribution in [0.4, 0.5) is 5.69 Å². The molecule has 1 amide bonds. The predicted octanol–water partition coefficient (Wildman–Crippen LogP) is 1.41. The van der Waals surface area contributed by atoms with E-state index in [0.29, 0.717) is 12.3 Å². The Morgan fingerprint density at radius 1 is 1.42 bits per heavy atom. The first-order valence-corrected chi connectivity index (χ1v) is 6.82. The van der Waals surface area contributed by atoms with E-state index in [1.807, 2.05) is 14.0 Å². The SMILES string of the molecule is CNC(C)CNC(=O)CSc1ccc([N+](=O)[O-])cc1. The number of carbonyl (C=O) groups excluding carboxylic acids is 1. The number of rotatable bonds is 7. The molecule has 1 aromatic rings. The first-order valence-electron chi connectivity index (χ1n) is 5.84. The summed E-state index contributed by atoms with van der Waals surface area (Å²) in [5.74, 6) is 0.249. The Morgan fingerprint density at radius 2 is 2.05 bits per heavy atom. The zero-order valence-electron chi connectivity index (χ0n) is 10.9. The van der Waals surface area contributed by atoms with Crippen molar-refractivity contribution in [1.82, 2.24) is 10.6 Å². The molecule has 2 N–H and O–H groups in total. The summed E-state index contributed by atoms with van der Waals surface area (Å²) in [4.78, 5) is 22.4. The summed E-state index contributed by atoms with van der Waals surface area (Å²) in [7, 11) is 1.84. The molecule has 0 radical (unpaired) electrons. The summed E-state index contributed by atoms with van der Waals surface area (Å²) >= 11 is 1.35. The number of hydrogen-bond acceptors (Lipinski definition) is 5. The van der Waals surface area contributed by atoms with E-state index in [9.17, 15) is 14.9 Å². The van der Waals surface area contributed by atoms with E-state index in [1.54, 1.807) is 12.1 Å². The second-order valence-electron chi connectivity index (χ2n) is 4.03. The molecule has 7 heteroatoms. The van der Waals surface area contributed by atoms with Crippen LogP contribution in [0.25, 0.3) is 0 Å². The van der Waals surface area contributed by atoms with Gasteiger partial charge in [0.05, 0.1) is 10.7 Å². The van der Waals surface area contributed by atoms with Crippen LogP contribution in [-0.4, -0.2) is 36.2 Å². The number of likely N-dealkylation sites (N-methyl/N-ethyl adjacent to an activating group) is 1. The molecule has 6 nitrogen and oxygen atoms in total. The molecular weight excluding hydrogens is 266 g/mol. The molecule has 1 atom stereocenters. The van der Waals surface area contributed by atoms with Crippen LogP contribution in [0, 0.1) is 10.1 Å². The molecule has 0 fully saturated rings. The molecule has 0 spiro atoms. The van der Waals surface area contributed by atoms with Gasteiger partial charge in [0.1, 0.15) is 0 Å². The number of hydrogen-bond donors (Lipinski definition) is 2. The van der Waals surface area contributed by atoms with Gasteiger partial charge in [-0.25, -0.2) is 0 Å². The van der Waals surface area contributed by atoms with Gasteiger partial charge in [0, 0.05) is 29.6 Å². The molecule has 0 saturated heterocycles. The van der Waals surface area contributed by atoms with Gasteiger partial charge in [-0.05, 0) is 26.1 Å². The highest BCUT2D eigenvalue weighted by molar-refractivity contribution is 8.00. The largest absolute Gasteiger partial charge is 0.354 e. The van der Waals surface area contributed by atoms with Crippen LogP contribution in [-0.2, 0) is 4.79 Å². The molecule has 0 saturated carbocycles. The minimum atomic E-state index is -0.444. The zero-order valence-corrected chi connectivity index (χ0v) is 11.7. The van der Waals surface area contributed by atoms with E-state index in [-0.39, 0.29) is 17.6 Å². The van der Waals surface area contributed by atoms with Gasteiger partial charge >= 0.3 is 0 Å². The van der Waals surface area contributed by atoms with Crippen LogP contribution in [0.5, 0.6) is 0 Å². The number of thioether (sulfide) groups is 1. The number of nitro benzene ring substituents is 1. The van der Waals surface area contributed by atoms with Crippen molar-refractivity contribution in [1.29, 1.82) is 0 Å². The van der Waals surface area contributed by atoms with Gasteiger partial charge < -0.3 is 10.6 Å². The highest BCUT2D eigenvalue weighted by atomic mass is 32.2. The maximum Gasteiger partial charge on any atom is 0.269 e. The molecule has 0 aromatic heterocycles. The van der Waals surface area contributed by atoms with Crippen LogP contribution in [0.2, 0.25) is 0 Å². The first-order chi connectivity index (χ1) is 9.02. The van der Waals surface area contributed by atoms with Crippen molar-refractivity contribution < 1.29 is 9.72 Å². The molecule has 0 aliphatic carbocycles. The lowest BCUT2D eigenvalue weighted by atomic mass is 10.3. The summed E-state index contributed by atoms with van der Waals surface area (Å²) in [6.07, 6.45) is 0. The third-order valence-corrected chi connectivity index (χ3v) is 3.53. The zero-order chi connectivity index (χ0) is 14.3. The quantitative estimate of drug-likeness (QED) is 0.449. The molecule has 1 aromatic carbocycles. The second-order valence-corrected chi connectivity index (χ2v) is 5.08. The van der Waals surface area contributed by atoms with E-state index >= 15 is 0 Å². The average molecular weight is 283 g/mol. The molecule has 1 unspecified atom stereocenters. The highest BCUT2D eigenvalue weighted by Crippen LogP contribution is 2.20. The Balaban J connectivity index is 2.35. The summed E-state index contributed by atoms with van der Waals surface area (Å²) in [5, 5.41) is 16.3. The third kappa shape index (κ3) is 5.71. The molecule has 1 rings (SSSR count). The Kier molecular flexibility index (Phi) is 6.31. The Bertz CT molecular complexity index is 436. The smallest absolute Gasteiger partial charge is 0.269 e. The average Bonchev–Trinajstić information content (AvgIpc) is 2.42. The number of non-ortho nitro benzene ring substituents is 1. The van der Waals surface area contributed by atoms with Crippen molar-refractivity contribution >= 4 is 23.4 Å². The van der Waals surface area contributed by atoms with Gasteiger partial charge in [0.2, 0.25) is 5.91 Å². The standard InChI is InChI=1S/C12H17N3O3S/c1-9(13-2)7-14-12(16)8-19-11-5-3-10(4-6-11)15(17)18/h3-6,9,13H,7-8H2,1-2H3,(H,14,16). The summed E-state index contributed by atoms with van der Waals surface area (Å²) in [5.41, 5.74) is 0.0525. The fourth-order valence-electron chi connectivity index (χ4n) is 1.23. The van der Waals surface area contributed by atoms with Crippen LogP contribution in [0.15, 0.2) is 29.2 Å². The van der Waals surface area contributed by atoms with Gasteiger partial charge in [-0.3, -0.25) is 14.9 Å². The van der Waals surface area contributed by atoms with Crippen molar-refractivity contribution in [3.05, 3.63) is 34.4 Å². The van der Waals surface area contributed by atoms with Gasteiger partial charge in [0.25, 0.3) is 5.69 Å². The number of carbonyl (C=O) groups is 1. The Labute approximate surface area is 116 Å². The number of nitrogens with zero attached hydrogens (tertiary/aromatic N) is 1. The number of amides is 1. The van der Waals surface area contributed by atoms with E-state index in [1.165, 1.54) is 23.9 Å². The van der Waals surface area contributed by atoms with E-state index in [0.717, 1.165) is 4.90 Å². The summed E-state index contributed by atoms with van der Waals surface area (Å²) < 4.78 is 0. The van der Waals surface area contributed by atoms with Gasteiger partial charge in [0.15, 0.2) is 0 Å². The predicted molar refractivity (Wildman–Crippen MR) is 75.4 cm³/mol. The molecule has 0 bridgehead atoms. The van der Waals surface area contributed by atoms with Crippen LogP contribution in [0.3, 0.4) is 0 Å². The molecule has 0 heterocycles. The van der Waals surface area contributed by atoms with Crippen LogP contribution in [0.1, 0.15) is 6.92 Å². The van der Waals surface area contributed by atoms with Gasteiger partial charge in [-0.1, -0.05) is 0 Å². The maximum atomic E-state index is 11.5. The van der Waals surface area contributed by atoms with Crippen LogP contribution >= 0.6 is 11.8 Å². The van der Waals surface area contributed by atoms with E-state index < -0.39 is 4.92 Å². The lowest BCUT2D eigenvalue weighted by Crippen LogP contribution is -2.37.